The molecule has 0 radical (unpaired) electrons. The molecule has 0 N–H and O–H groups in total. The fraction of sp³-hybridized carbons (Fsp3) is 0.514. The number of halogens is 1. The van der Waals surface area contributed by atoms with Crippen molar-refractivity contribution in [2.45, 2.75) is 58.2 Å². The van der Waals surface area contributed by atoms with Gasteiger partial charge in [0.15, 0.2) is 5.83 Å². The maximum Gasteiger partial charge on any atom is 0.318 e. The number of rotatable bonds is 10. The molecule has 3 aliphatic rings. The molecular weight excluding hydrogens is 583 g/mol. The maximum absolute atomic E-state index is 13.9. The lowest BCUT2D eigenvalue weighted by atomic mass is 9.85. The third-order valence-corrected chi connectivity index (χ3v) is 9.58. The molecule has 1 aliphatic carbocycles. The third kappa shape index (κ3) is 6.63. The van der Waals surface area contributed by atoms with Crippen molar-refractivity contribution >= 4 is 28.2 Å². The van der Waals surface area contributed by atoms with Gasteiger partial charge in [0.1, 0.15) is 18.0 Å². The molecule has 1 saturated carbocycles. The molecule has 1 aromatic carbocycles. The van der Waals surface area contributed by atoms with Gasteiger partial charge in [0.25, 0.3) is 5.91 Å². The predicted octanol–water partition coefficient (Wildman–Crippen LogP) is 4.81. The third-order valence-electron chi connectivity index (χ3n) is 9.58. The number of carbonyl (C=O) groups excluding carboxylic acids is 1. The van der Waals surface area contributed by atoms with E-state index in [4.69, 9.17) is 21.3 Å². The summed E-state index contributed by atoms with van der Waals surface area (Å²) in [6.45, 7) is 19.2. The van der Waals surface area contributed by atoms with Crippen molar-refractivity contribution in [2.24, 2.45) is 5.92 Å². The number of hydrogen-bond acceptors (Lipinski definition) is 8. The first-order valence-corrected chi connectivity index (χ1v) is 16.3. The molecule has 0 unspecified atom stereocenters. The minimum absolute atomic E-state index is 0.0672. The molecule has 0 spiro atoms. The fourth-order valence-corrected chi connectivity index (χ4v) is 7.13. The Kier molecular flexibility index (Phi) is 9.36. The van der Waals surface area contributed by atoms with Crippen molar-refractivity contribution < 1.29 is 13.9 Å². The zero-order chi connectivity index (χ0) is 32.4. The van der Waals surface area contributed by atoms with Crippen LogP contribution < -0.4 is 14.5 Å². The van der Waals surface area contributed by atoms with Crippen LogP contribution in [0.25, 0.3) is 15.6 Å². The van der Waals surface area contributed by atoms with Crippen molar-refractivity contribution in [2.75, 3.05) is 62.7 Å². The monoisotopic (exact) mass is 626 g/mol. The second-order valence-corrected chi connectivity index (χ2v) is 13.0. The Morgan fingerprint density at radius 1 is 1.22 bits per heavy atom. The fourth-order valence-electron chi connectivity index (χ4n) is 7.13. The molecule has 2 aliphatic heterocycles. The van der Waals surface area contributed by atoms with E-state index in [0.717, 1.165) is 53.7 Å². The first kappa shape index (κ1) is 31.7. The molecule has 6 rings (SSSR count). The van der Waals surface area contributed by atoms with Gasteiger partial charge in [0, 0.05) is 61.8 Å². The second-order valence-electron chi connectivity index (χ2n) is 13.0. The summed E-state index contributed by atoms with van der Waals surface area (Å²) >= 11 is 0. The zero-order valence-electron chi connectivity index (χ0n) is 27.1. The van der Waals surface area contributed by atoms with Crippen molar-refractivity contribution in [3.05, 3.63) is 71.2 Å². The number of amides is 1. The highest BCUT2D eigenvalue weighted by atomic mass is 19.1. The summed E-state index contributed by atoms with van der Waals surface area (Å²) in [5.74, 6) is -0.224. The summed E-state index contributed by atoms with van der Waals surface area (Å²) in [6.07, 6.45) is 8.34. The predicted molar refractivity (Wildman–Crippen MR) is 178 cm³/mol. The highest BCUT2D eigenvalue weighted by Crippen LogP contribution is 2.35. The summed E-state index contributed by atoms with van der Waals surface area (Å²) in [7, 11) is 2.14. The minimum Gasteiger partial charge on any atom is -0.459 e. The van der Waals surface area contributed by atoms with E-state index in [0.29, 0.717) is 32.1 Å². The maximum atomic E-state index is 13.9. The number of anilines is 2. The summed E-state index contributed by atoms with van der Waals surface area (Å²) in [4.78, 5) is 38.8. The van der Waals surface area contributed by atoms with E-state index in [-0.39, 0.29) is 19.2 Å². The Hall–Kier alpha value is -4.30. The Morgan fingerprint density at radius 2 is 2.04 bits per heavy atom. The number of aryl methyl sites for hydroxylation is 1. The number of likely N-dealkylation sites (N-methyl/N-ethyl adjacent to an activating group) is 1. The smallest absolute Gasteiger partial charge is 0.318 e. The van der Waals surface area contributed by atoms with Gasteiger partial charge in [-0.2, -0.15) is 9.97 Å². The molecule has 11 heteroatoms. The Labute approximate surface area is 270 Å². The van der Waals surface area contributed by atoms with Crippen LogP contribution in [0.2, 0.25) is 0 Å². The number of aromatic nitrogens is 3. The molecule has 1 saturated heterocycles. The topological polar surface area (TPSA) is 82.3 Å². The van der Waals surface area contributed by atoms with Crippen LogP contribution in [0.3, 0.4) is 0 Å². The van der Waals surface area contributed by atoms with Crippen LogP contribution in [0.1, 0.15) is 43.0 Å². The van der Waals surface area contributed by atoms with Gasteiger partial charge in [0.2, 0.25) is 6.54 Å². The van der Waals surface area contributed by atoms with E-state index in [1.54, 1.807) is 0 Å². The van der Waals surface area contributed by atoms with Crippen LogP contribution in [0, 0.1) is 19.4 Å². The van der Waals surface area contributed by atoms with E-state index in [1.807, 2.05) is 12.4 Å². The second kappa shape index (κ2) is 13.6. The van der Waals surface area contributed by atoms with E-state index >= 15 is 0 Å². The van der Waals surface area contributed by atoms with Gasteiger partial charge in [-0.3, -0.25) is 9.78 Å². The van der Waals surface area contributed by atoms with Gasteiger partial charge < -0.3 is 29.2 Å². The molecule has 1 amide bonds. The summed E-state index contributed by atoms with van der Waals surface area (Å²) in [6, 6.07) is 6.12. The minimum atomic E-state index is -1.01. The van der Waals surface area contributed by atoms with Gasteiger partial charge in [-0.1, -0.05) is 31.2 Å². The number of ether oxygens (including phenoxy) is 1. The van der Waals surface area contributed by atoms with E-state index in [9.17, 15) is 9.18 Å². The molecule has 46 heavy (non-hydrogen) atoms. The lowest BCUT2D eigenvalue weighted by Gasteiger charge is -2.41. The number of pyridine rings is 1. The number of benzene rings is 1. The average Bonchev–Trinajstić information content (AvgIpc) is 3.01. The van der Waals surface area contributed by atoms with E-state index in [2.05, 4.69) is 70.2 Å². The molecule has 2 atom stereocenters. The first-order valence-electron chi connectivity index (χ1n) is 16.3. The van der Waals surface area contributed by atoms with Crippen LogP contribution in [0.15, 0.2) is 43.0 Å². The SMILES string of the molecule is [C-]#[N+]C[C@H]1CN(c2nc(O[C@H](C)CN(C)CC3CCC3)nc3c2CCN(c2cncc4cccc(C)c24)C3)CCN1C(=O)C(=C)F. The van der Waals surface area contributed by atoms with Crippen LogP contribution in [-0.2, 0) is 17.8 Å². The molecule has 2 aromatic heterocycles. The van der Waals surface area contributed by atoms with Crippen molar-refractivity contribution in [3.8, 4) is 6.01 Å². The van der Waals surface area contributed by atoms with Crippen molar-refractivity contribution in [1.82, 2.24) is 24.8 Å². The van der Waals surface area contributed by atoms with Crippen LogP contribution in [0.4, 0.5) is 15.9 Å². The quantitative estimate of drug-likeness (QED) is 0.234. The molecular formula is C35H43FN8O2. The number of carbonyl (C=O) groups is 1. The largest absolute Gasteiger partial charge is 0.459 e. The first-order chi connectivity index (χ1) is 22.2. The Bertz CT molecular complexity index is 1650. The van der Waals surface area contributed by atoms with Crippen LogP contribution in [0.5, 0.6) is 6.01 Å². The van der Waals surface area contributed by atoms with Gasteiger partial charge in [-0.05, 0) is 51.6 Å². The highest BCUT2D eigenvalue weighted by molar-refractivity contribution is 5.96. The molecule has 242 valence electrons. The van der Waals surface area contributed by atoms with E-state index < -0.39 is 17.8 Å². The number of hydrogen-bond donors (Lipinski definition) is 0. The summed E-state index contributed by atoms with van der Waals surface area (Å²) < 4.78 is 20.3. The summed E-state index contributed by atoms with van der Waals surface area (Å²) in [5, 5.41) is 2.29. The van der Waals surface area contributed by atoms with Gasteiger partial charge >= 0.3 is 6.01 Å². The number of nitrogens with zero attached hydrogens (tertiary/aromatic N) is 8. The Balaban J connectivity index is 1.31. The molecule has 4 heterocycles. The number of fused-ring (bicyclic) bond motifs is 2. The average molecular weight is 627 g/mol. The van der Waals surface area contributed by atoms with Gasteiger partial charge in [-0.25, -0.2) is 11.0 Å². The van der Waals surface area contributed by atoms with E-state index in [1.165, 1.54) is 35.1 Å². The van der Waals surface area contributed by atoms with Gasteiger partial charge in [-0.15, -0.1) is 0 Å². The zero-order valence-corrected chi connectivity index (χ0v) is 27.1. The van der Waals surface area contributed by atoms with Gasteiger partial charge in [0.05, 0.1) is 24.1 Å². The summed E-state index contributed by atoms with van der Waals surface area (Å²) in [5.41, 5.74) is 4.21. The van der Waals surface area contributed by atoms with Crippen LogP contribution >= 0.6 is 0 Å². The standard InChI is InChI=1S/C35H43FN8O2/c1-23-8-6-11-27-16-38-18-31(32(23)27)42-13-12-29-30(22-42)39-35(46-24(2)19-41(5)20-26-9-7-10-26)40-33(29)43-14-15-44(34(45)25(3)36)28(21-43)17-37-4/h6,8,11,16,18,24,26,28H,3,7,9-10,12-15,17,19-22H2,1-2,5H3/t24-,28+/m1/s1. The number of piperazine rings is 1. The Morgan fingerprint density at radius 3 is 2.78 bits per heavy atom. The lowest BCUT2D eigenvalue weighted by molar-refractivity contribution is -0.131. The molecule has 10 nitrogen and oxygen atoms in total. The van der Waals surface area contributed by atoms with Crippen molar-refractivity contribution in [1.29, 1.82) is 0 Å². The highest BCUT2D eigenvalue weighted by Gasteiger charge is 2.36. The van der Waals surface area contributed by atoms with Crippen molar-refractivity contribution in [3.63, 3.8) is 0 Å². The van der Waals surface area contributed by atoms with Crippen LogP contribution in [-0.4, -0.2) is 95.7 Å². The molecule has 3 aromatic rings. The normalized spacial score (nSPS) is 19.0. The molecule has 0 bridgehead atoms. The molecule has 2 fully saturated rings. The lowest BCUT2D eigenvalue weighted by Crippen LogP contribution is -2.57.